The van der Waals surface area contributed by atoms with Gasteiger partial charge in [0, 0.05) is 18.7 Å². The van der Waals surface area contributed by atoms with Crippen molar-refractivity contribution >= 4 is 0 Å². The van der Waals surface area contributed by atoms with Crippen LogP contribution in [-0.2, 0) is 13.1 Å². The second-order valence-corrected chi connectivity index (χ2v) is 6.68. The monoisotopic (exact) mass is 397 g/mol. The molecule has 0 radical (unpaired) electrons. The van der Waals surface area contributed by atoms with Gasteiger partial charge in [-0.1, -0.05) is 30.3 Å². The Morgan fingerprint density at radius 2 is 1.76 bits per heavy atom. The van der Waals surface area contributed by atoms with Crippen LogP contribution in [0, 0.1) is 0 Å². The van der Waals surface area contributed by atoms with Crippen molar-refractivity contribution in [3.63, 3.8) is 0 Å². The van der Waals surface area contributed by atoms with Crippen LogP contribution in [0.5, 0.6) is 17.2 Å². The molecule has 3 rings (SSSR count). The van der Waals surface area contributed by atoms with E-state index in [9.17, 15) is 5.11 Å². The molecule has 0 aliphatic carbocycles. The minimum absolute atomic E-state index is 0.202. The van der Waals surface area contributed by atoms with E-state index in [4.69, 9.17) is 18.6 Å². The van der Waals surface area contributed by atoms with Gasteiger partial charge in [0.05, 0.1) is 27.0 Å². The first-order valence-electron chi connectivity index (χ1n) is 9.50. The van der Waals surface area contributed by atoms with E-state index in [-0.39, 0.29) is 6.61 Å². The fourth-order valence-corrected chi connectivity index (χ4v) is 3.19. The highest BCUT2D eigenvalue weighted by molar-refractivity contribution is 5.46. The van der Waals surface area contributed by atoms with E-state index >= 15 is 0 Å². The zero-order valence-corrected chi connectivity index (χ0v) is 16.8. The van der Waals surface area contributed by atoms with Gasteiger partial charge in [-0.05, 0) is 30.3 Å². The van der Waals surface area contributed by atoms with Gasteiger partial charge in [-0.15, -0.1) is 0 Å². The zero-order valence-electron chi connectivity index (χ0n) is 16.8. The van der Waals surface area contributed by atoms with Crippen molar-refractivity contribution in [1.82, 2.24) is 4.90 Å². The van der Waals surface area contributed by atoms with Gasteiger partial charge >= 0.3 is 0 Å². The molecule has 1 N–H and O–H groups in total. The molecule has 0 fully saturated rings. The van der Waals surface area contributed by atoms with Gasteiger partial charge in [-0.3, -0.25) is 4.90 Å². The molecule has 0 bridgehead atoms. The van der Waals surface area contributed by atoms with E-state index in [1.807, 2.05) is 60.7 Å². The van der Waals surface area contributed by atoms with Crippen LogP contribution in [0.2, 0.25) is 0 Å². The number of benzene rings is 2. The number of hydrogen-bond acceptors (Lipinski definition) is 6. The highest BCUT2D eigenvalue weighted by atomic mass is 16.5. The molecule has 0 spiro atoms. The van der Waals surface area contributed by atoms with Crippen molar-refractivity contribution < 1.29 is 23.7 Å². The summed E-state index contributed by atoms with van der Waals surface area (Å²) in [7, 11) is 3.24. The average Bonchev–Trinajstić information content (AvgIpc) is 3.25. The highest BCUT2D eigenvalue weighted by Gasteiger charge is 2.18. The van der Waals surface area contributed by atoms with Crippen LogP contribution in [0.25, 0.3) is 0 Å². The highest BCUT2D eigenvalue weighted by Crippen LogP contribution is 2.31. The largest absolute Gasteiger partial charge is 0.493 e. The molecule has 0 aliphatic rings. The lowest BCUT2D eigenvalue weighted by atomic mass is 10.1. The van der Waals surface area contributed by atoms with E-state index < -0.39 is 6.10 Å². The van der Waals surface area contributed by atoms with E-state index in [1.165, 1.54) is 0 Å². The number of nitrogens with zero attached hydrogens (tertiary/aromatic N) is 1. The number of ether oxygens (including phenoxy) is 3. The Labute approximate surface area is 171 Å². The molecule has 1 atom stereocenters. The Balaban J connectivity index is 1.69. The van der Waals surface area contributed by atoms with Gasteiger partial charge in [-0.2, -0.15) is 0 Å². The van der Waals surface area contributed by atoms with Gasteiger partial charge in [-0.25, -0.2) is 0 Å². The van der Waals surface area contributed by atoms with Crippen LogP contribution in [0.3, 0.4) is 0 Å². The molecule has 0 aliphatic heterocycles. The maximum Gasteiger partial charge on any atom is 0.165 e. The third-order valence-corrected chi connectivity index (χ3v) is 4.49. The van der Waals surface area contributed by atoms with Gasteiger partial charge in [0.25, 0.3) is 0 Å². The standard InChI is InChI=1S/C23H27NO5/c1-26-22-12-6-8-18(23(22)27-2)14-24(16-21-11-7-13-28-21)15-19(25)17-29-20-9-4-3-5-10-20/h3-13,19,25H,14-17H2,1-2H3/t19-/m1/s1. The molecule has 6 nitrogen and oxygen atoms in total. The minimum atomic E-state index is -0.665. The molecule has 0 amide bonds. The first-order chi connectivity index (χ1) is 14.2. The lowest BCUT2D eigenvalue weighted by Crippen LogP contribution is -2.35. The molecule has 0 unspecified atom stereocenters. The van der Waals surface area contributed by atoms with Crippen molar-refractivity contribution in [1.29, 1.82) is 0 Å². The summed E-state index contributed by atoms with van der Waals surface area (Å²) in [5, 5.41) is 10.6. The number of rotatable bonds is 11. The van der Waals surface area contributed by atoms with Crippen molar-refractivity contribution in [3.05, 3.63) is 78.3 Å². The lowest BCUT2D eigenvalue weighted by Gasteiger charge is -2.25. The number of aliphatic hydroxyl groups is 1. The Morgan fingerprint density at radius 1 is 0.931 bits per heavy atom. The summed E-state index contributed by atoms with van der Waals surface area (Å²) in [4.78, 5) is 2.09. The van der Waals surface area contributed by atoms with E-state index in [0.29, 0.717) is 31.1 Å². The molecule has 3 aromatic rings. The quantitative estimate of drug-likeness (QED) is 0.532. The predicted molar refractivity (Wildman–Crippen MR) is 110 cm³/mol. The third kappa shape index (κ3) is 6.01. The van der Waals surface area contributed by atoms with Crippen LogP contribution in [0.15, 0.2) is 71.3 Å². The Bertz CT molecular complexity index is 851. The number of hydrogen-bond donors (Lipinski definition) is 1. The summed E-state index contributed by atoms with van der Waals surface area (Å²) < 4.78 is 22.1. The van der Waals surface area contributed by atoms with Gasteiger partial charge in [0.15, 0.2) is 11.5 Å². The van der Waals surface area contributed by atoms with Crippen molar-refractivity contribution in [3.8, 4) is 17.2 Å². The second kappa shape index (κ2) is 10.5. The Morgan fingerprint density at radius 3 is 2.45 bits per heavy atom. The minimum Gasteiger partial charge on any atom is -0.493 e. The molecule has 1 aromatic heterocycles. The molecule has 154 valence electrons. The van der Waals surface area contributed by atoms with Gasteiger partial charge < -0.3 is 23.7 Å². The Kier molecular flexibility index (Phi) is 7.55. The summed E-state index contributed by atoms with van der Waals surface area (Å²) in [6.07, 6.45) is 0.982. The number of methoxy groups -OCH3 is 2. The van der Waals surface area contributed by atoms with Crippen LogP contribution in [0.4, 0.5) is 0 Å². The maximum absolute atomic E-state index is 10.6. The van der Waals surface area contributed by atoms with Crippen LogP contribution in [-0.4, -0.2) is 43.5 Å². The first-order valence-corrected chi connectivity index (χ1v) is 9.50. The zero-order chi connectivity index (χ0) is 20.5. The summed E-state index contributed by atoms with van der Waals surface area (Å²) in [5.41, 5.74) is 0.967. The molecule has 29 heavy (non-hydrogen) atoms. The first kappa shape index (κ1) is 20.8. The average molecular weight is 397 g/mol. The van der Waals surface area contributed by atoms with Crippen LogP contribution < -0.4 is 14.2 Å². The molecule has 6 heteroatoms. The predicted octanol–water partition coefficient (Wildman–Crippen LogP) is 3.74. The van der Waals surface area contributed by atoms with E-state index in [0.717, 1.165) is 17.1 Å². The SMILES string of the molecule is COc1cccc(CN(Cc2ccco2)C[C@@H](O)COc2ccccc2)c1OC. The van der Waals surface area contributed by atoms with Gasteiger partial charge in [0.1, 0.15) is 24.2 Å². The lowest BCUT2D eigenvalue weighted by molar-refractivity contribution is 0.0601. The number of aliphatic hydroxyl groups excluding tert-OH is 1. The molecule has 0 saturated heterocycles. The second-order valence-electron chi connectivity index (χ2n) is 6.68. The fraction of sp³-hybridized carbons (Fsp3) is 0.304. The summed E-state index contributed by atoms with van der Waals surface area (Å²) in [5.74, 6) is 2.92. The van der Waals surface area contributed by atoms with Crippen molar-refractivity contribution in [2.45, 2.75) is 19.2 Å². The number of para-hydroxylation sites is 2. The molecule has 1 heterocycles. The topological polar surface area (TPSA) is 64.3 Å². The Hall–Kier alpha value is -2.96. The molecular weight excluding hydrogens is 370 g/mol. The number of furan rings is 1. The normalized spacial score (nSPS) is 12.0. The fourth-order valence-electron chi connectivity index (χ4n) is 3.19. The summed E-state index contributed by atoms with van der Waals surface area (Å²) in [6.45, 7) is 1.72. The smallest absolute Gasteiger partial charge is 0.165 e. The van der Waals surface area contributed by atoms with Crippen molar-refractivity contribution in [2.75, 3.05) is 27.4 Å². The van der Waals surface area contributed by atoms with Crippen LogP contribution in [0.1, 0.15) is 11.3 Å². The van der Waals surface area contributed by atoms with Gasteiger partial charge in [0.2, 0.25) is 0 Å². The summed E-state index contributed by atoms with van der Waals surface area (Å²) >= 11 is 0. The third-order valence-electron chi connectivity index (χ3n) is 4.49. The molecule has 2 aromatic carbocycles. The van der Waals surface area contributed by atoms with E-state index in [1.54, 1.807) is 20.5 Å². The van der Waals surface area contributed by atoms with E-state index in [2.05, 4.69) is 4.90 Å². The molecule has 0 saturated carbocycles. The van der Waals surface area contributed by atoms with Crippen LogP contribution >= 0.6 is 0 Å². The van der Waals surface area contributed by atoms with Crippen molar-refractivity contribution in [2.24, 2.45) is 0 Å². The molecular formula is C23H27NO5. The maximum atomic E-state index is 10.6. The summed E-state index contributed by atoms with van der Waals surface area (Å²) in [6, 6.07) is 19.0.